The van der Waals surface area contributed by atoms with Crippen LogP contribution in [0.2, 0.25) is 0 Å². The summed E-state index contributed by atoms with van der Waals surface area (Å²) in [7, 11) is -0.778. The average Bonchev–Trinajstić information content (AvgIpc) is 2.93. The molecule has 3 aromatic rings. The van der Waals surface area contributed by atoms with Gasteiger partial charge in [-0.25, -0.2) is 17.1 Å². The van der Waals surface area contributed by atoms with Gasteiger partial charge in [0.25, 0.3) is 5.91 Å². The number of halogens is 1. The maximum atomic E-state index is 13.8. The van der Waals surface area contributed by atoms with Crippen molar-refractivity contribution in [1.29, 1.82) is 0 Å². The first kappa shape index (κ1) is 18.1. The van der Waals surface area contributed by atoms with Crippen LogP contribution in [0.15, 0.2) is 51.8 Å². The van der Waals surface area contributed by atoms with E-state index in [1.54, 1.807) is 19.1 Å². The van der Waals surface area contributed by atoms with Crippen molar-refractivity contribution in [2.45, 2.75) is 11.8 Å². The molecule has 0 aliphatic heterocycles. The Hall–Kier alpha value is -2.71. The molecule has 0 unspecified atom stereocenters. The number of carbonyl (C=O) groups is 1. The Labute approximate surface area is 150 Å². The minimum absolute atomic E-state index is 0.0130. The maximum Gasteiger partial charge on any atom is 0.291 e. The summed E-state index contributed by atoms with van der Waals surface area (Å²) < 4.78 is 44.7. The summed E-state index contributed by atoms with van der Waals surface area (Å²) in [5, 5.41) is 3.11. The number of fused-ring (bicyclic) bond motifs is 1. The summed E-state index contributed by atoms with van der Waals surface area (Å²) in [5.74, 6) is -1.16. The lowest BCUT2D eigenvalue weighted by molar-refractivity contribution is 0.0997. The first-order chi connectivity index (χ1) is 12.2. The molecule has 8 heteroatoms. The number of benzene rings is 2. The van der Waals surface area contributed by atoms with E-state index in [0.29, 0.717) is 16.6 Å². The summed E-state index contributed by atoms with van der Waals surface area (Å²) >= 11 is 0. The molecule has 0 spiro atoms. The molecule has 0 atom stereocenters. The molecular weight excluding hydrogens is 359 g/mol. The van der Waals surface area contributed by atoms with Crippen molar-refractivity contribution in [3.8, 4) is 0 Å². The Morgan fingerprint density at radius 1 is 1.15 bits per heavy atom. The van der Waals surface area contributed by atoms with Gasteiger partial charge >= 0.3 is 0 Å². The van der Waals surface area contributed by atoms with Crippen LogP contribution in [0.4, 0.5) is 10.1 Å². The van der Waals surface area contributed by atoms with Crippen LogP contribution in [-0.2, 0) is 10.0 Å². The van der Waals surface area contributed by atoms with Crippen LogP contribution in [-0.4, -0.2) is 32.7 Å². The SMILES string of the molecule is Cc1c(C(=O)Nc2cccc(S(=O)(=O)N(C)C)c2)oc2c(F)cccc12. The van der Waals surface area contributed by atoms with Gasteiger partial charge in [0, 0.05) is 30.7 Å². The van der Waals surface area contributed by atoms with Gasteiger partial charge in [0.2, 0.25) is 10.0 Å². The van der Waals surface area contributed by atoms with E-state index in [1.165, 1.54) is 44.4 Å². The van der Waals surface area contributed by atoms with Gasteiger partial charge < -0.3 is 9.73 Å². The predicted molar refractivity (Wildman–Crippen MR) is 96.2 cm³/mol. The smallest absolute Gasteiger partial charge is 0.291 e. The summed E-state index contributed by atoms with van der Waals surface area (Å²) in [5.41, 5.74) is 0.811. The Morgan fingerprint density at radius 3 is 2.50 bits per heavy atom. The Kier molecular flexibility index (Phi) is 4.55. The molecule has 2 aromatic carbocycles. The Bertz CT molecular complexity index is 1100. The molecule has 1 N–H and O–H groups in total. The van der Waals surface area contributed by atoms with Gasteiger partial charge in [0.1, 0.15) is 0 Å². The molecule has 6 nitrogen and oxygen atoms in total. The van der Waals surface area contributed by atoms with Gasteiger partial charge in [0.05, 0.1) is 4.90 Å². The van der Waals surface area contributed by atoms with Crippen LogP contribution in [0.3, 0.4) is 0 Å². The number of sulfonamides is 1. The van der Waals surface area contributed by atoms with Crippen LogP contribution < -0.4 is 5.32 Å². The molecule has 3 rings (SSSR count). The third-order valence-electron chi connectivity index (χ3n) is 3.99. The van der Waals surface area contributed by atoms with Crippen LogP contribution >= 0.6 is 0 Å². The molecule has 1 amide bonds. The van der Waals surface area contributed by atoms with E-state index in [1.807, 2.05) is 0 Å². The molecule has 1 heterocycles. The highest BCUT2D eigenvalue weighted by atomic mass is 32.2. The molecule has 0 saturated heterocycles. The third-order valence-corrected chi connectivity index (χ3v) is 5.80. The lowest BCUT2D eigenvalue weighted by Gasteiger charge is -2.12. The van der Waals surface area contributed by atoms with Crippen LogP contribution in [0.5, 0.6) is 0 Å². The number of anilines is 1. The van der Waals surface area contributed by atoms with Crippen molar-refractivity contribution in [2.75, 3.05) is 19.4 Å². The van der Waals surface area contributed by atoms with Gasteiger partial charge in [-0.3, -0.25) is 4.79 Å². The number of rotatable bonds is 4. The monoisotopic (exact) mass is 376 g/mol. The van der Waals surface area contributed by atoms with Gasteiger partial charge in [0.15, 0.2) is 17.2 Å². The summed E-state index contributed by atoms with van der Waals surface area (Å²) in [6, 6.07) is 10.3. The number of hydrogen-bond donors (Lipinski definition) is 1. The first-order valence-electron chi connectivity index (χ1n) is 7.73. The number of nitrogens with one attached hydrogen (secondary N) is 1. The Morgan fingerprint density at radius 2 is 1.85 bits per heavy atom. The zero-order chi connectivity index (χ0) is 19.1. The van der Waals surface area contributed by atoms with Crippen molar-refractivity contribution in [1.82, 2.24) is 4.31 Å². The minimum Gasteiger partial charge on any atom is -0.448 e. The molecule has 26 heavy (non-hydrogen) atoms. The lowest BCUT2D eigenvalue weighted by atomic mass is 10.1. The van der Waals surface area contributed by atoms with Crippen molar-refractivity contribution >= 4 is 32.6 Å². The fourth-order valence-electron chi connectivity index (χ4n) is 2.56. The van der Waals surface area contributed by atoms with Crippen molar-refractivity contribution in [2.24, 2.45) is 0 Å². The third kappa shape index (κ3) is 3.09. The Balaban J connectivity index is 1.94. The maximum absolute atomic E-state index is 13.8. The molecular formula is C18H17FN2O4S. The number of nitrogens with zero attached hydrogens (tertiary/aromatic N) is 1. The van der Waals surface area contributed by atoms with Crippen molar-refractivity contribution in [3.63, 3.8) is 0 Å². The van der Waals surface area contributed by atoms with Crippen LogP contribution in [0, 0.1) is 12.7 Å². The standard InChI is InChI=1S/C18H17FN2O4S/c1-11-14-8-5-9-15(19)17(14)25-16(11)18(22)20-12-6-4-7-13(10-12)26(23,24)21(2)3/h4-10H,1-3H3,(H,20,22). The second-order valence-corrected chi connectivity index (χ2v) is 8.09. The highest BCUT2D eigenvalue weighted by Crippen LogP contribution is 2.28. The molecule has 0 bridgehead atoms. The fourth-order valence-corrected chi connectivity index (χ4v) is 3.51. The van der Waals surface area contributed by atoms with E-state index in [2.05, 4.69) is 5.32 Å². The molecule has 1 aromatic heterocycles. The molecule has 0 radical (unpaired) electrons. The van der Waals surface area contributed by atoms with Gasteiger partial charge in [-0.15, -0.1) is 0 Å². The highest BCUT2D eigenvalue weighted by Gasteiger charge is 2.21. The van der Waals surface area contributed by atoms with Crippen molar-refractivity contribution < 1.29 is 22.0 Å². The molecule has 0 fully saturated rings. The van der Waals surface area contributed by atoms with E-state index in [4.69, 9.17) is 4.42 Å². The predicted octanol–water partition coefficient (Wildman–Crippen LogP) is 3.38. The summed E-state index contributed by atoms with van der Waals surface area (Å²) in [6.45, 7) is 1.66. The van der Waals surface area contributed by atoms with Crippen LogP contribution in [0.1, 0.15) is 16.1 Å². The number of hydrogen-bond acceptors (Lipinski definition) is 4. The second-order valence-electron chi connectivity index (χ2n) is 5.94. The molecule has 136 valence electrons. The van der Waals surface area contributed by atoms with E-state index in [-0.39, 0.29) is 16.2 Å². The van der Waals surface area contributed by atoms with Crippen molar-refractivity contribution in [3.05, 3.63) is 59.6 Å². The second kappa shape index (κ2) is 6.54. The van der Waals surface area contributed by atoms with E-state index in [0.717, 1.165) is 4.31 Å². The zero-order valence-corrected chi connectivity index (χ0v) is 15.2. The lowest BCUT2D eigenvalue weighted by Crippen LogP contribution is -2.22. The summed E-state index contributed by atoms with van der Waals surface area (Å²) in [6.07, 6.45) is 0. The quantitative estimate of drug-likeness (QED) is 0.757. The fraction of sp³-hybridized carbons (Fsp3) is 0.167. The number of amides is 1. The normalized spacial score (nSPS) is 11.9. The van der Waals surface area contributed by atoms with E-state index in [9.17, 15) is 17.6 Å². The molecule has 0 aliphatic rings. The molecule has 0 saturated carbocycles. The van der Waals surface area contributed by atoms with Gasteiger partial charge in [-0.1, -0.05) is 18.2 Å². The minimum atomic E-state index is -3.63. The van der Waals surface area contributed by atoms with E-state index < -0.39 is 21.7 Å². The number of carbonyl (C=O) groups excluding carboxylic acids is 1. The zero-order valence-electron chi connectivity index (χ0n) is 14.4. The van der Waals surface area contributed by atoms with E-state index >= 15 is 0 Å². The number of para-hydroxylation sites is 1. The van der Waals surface area contributed by atoms with Gasteiger partial charge in [-0.05, 0) is 31.2 Å². The van der Waals surface area contributed by atoms with Crippen LogP contribution in [0.25, 0.3) is 11.0 Å². The number of furan rings is 1. The highest BCUT2D eigenvalue weighted by molar-refractivity contribution is 7.89. The first-order valence-corrected chi connectivity index (χ1v) is 9.17. The number of aryl methyl sites for hydroxylation is 1. The topological polar surface area (TPSA) is 79.6 Å². The average molecular weight is 376 g/mol. The molecule has 0 aliphatic carbocycles. The summed E-state index contributed by atoms with van der Waals surface area (Å²) in [4.78, 5) is 12.6. The van der Waals surface area contributed by atoms with Gasteiger partial charge in [-0.2, -0.15) is 0 Å². The largest absolute Gasteiger partial charge is 0.448 e.